The van der Waals surface area contributed by atoms with Crippen LogP contribution in [-0.2, 0) is 0 Å². The number of aliphatic hydroxyl groups excluding tert-OH is 1. The monoisotopic (exact) mass is 179 g/mol. The molecule has 1 radical (unpaired) electrons. The minimum absolute atomic E-state index is 0.149. The highest BCUT2D eigenvalue weighted by molar-refractivity contribution is 5.22. The number of aliphatic hydroxyl groups is 1. The fourth-order valence-corrected chi connectivity index (χ4v) is 1.08. The highest BCUT2D eigenvalue weighted by Crippen LogP contribution is 2.18. The van der Waals surface area contributed by atoms with Gasteiger partial charge in [-0.15, -0.1) is 0 Å². The average Bonchev–Trinajstić information content (AvgIpc) is 2.19. The van der Waals surface area contributed by atoms with Crippen molar-refractivity contribution in [2.45, 2.75) is 19.8 Å². The van der Waals surface area contributed by atoms with E-state index in [9.17, 15) is 0 Å². The van der Waals surface area contributed by atoms with Gasteiger partial charge in [-0.05, 0) is 18.6 Å². The van der Waals surface area contributed by atoms with E-state index in [1.807, 2.05) is 37.3 Å². The van der Waals surface area contributed by atoms with E-state index in [0.717, 1.165) is 18.3 Å². The Hall–Kier alpha value is -1.02. The van der Waals surface area contributed by atoms with Crippen molar-refractivity contribution in [3.63, 3.8) is 0 Å². The molecule has 1 rings (SSSR count). The lowest BCUT2D eigenvalue weighted by atomic mass is 10.2. The minimum atomic E-state index is 0.149. The van der Waals surface area contributed by atoms with Gasteiger partial charge in [0.25, 0.3) is 0 Å². The molecular weight excluding hydrogens is 164 g/mol. The van der Waals surface area contributed by atoms with Crippen LogP contribution in [0.4, 0.5) is 0 Å². The van der Waals surface area contributed by atoms with Crippen molar-refractivity contribution in [2.24, 2.45) is 0 Å². The van der Waals surface area contributed by atoms with Gasteiger partial charge in [-0.2, -0.15) is 0 Å². The van der Waals surface area contributed by atoms with Crippen LogP contribution in [0.2, 0.25) is 0 Å². The van der Waals surface area contributed by atoms with Crippen LogP contribution in [0, 0.1) is 6.10 Å². The van der Waals surface area contributed by atoms with E-state index in [0.29, 0.717) is 6.42 Å². The van der Waals surface area contributed by atoms with Gasteiger partial charge >= 0.3 is 0 Å². The van der Waals surface area contributed by atoms with Crippen molar-refractivity contribution >= 4 is 0 Å². The van der Waals surface area contributed by atoms with Crippen LogP contribution in [0.5, 0.6) is 5.75 Å². The quantitative estimate of drug-likeness (QED) is 0.752. The molecule has 0 saturated carbocycles. The lowest BCUT2D eigenvalue weighted by Crippen LogP contribution is -2.07. The van der Waals surface area contributed by atoms with Crippen LogP contribution >= 0.6 is 0 Å². The van der Waals surface area contributed by atoms with E-state index in [1.54, 1.807) is 0 Å². The number of hydrogen-bond acceptors (Lipinski definition) is 2. The molecule has 0 aliphatic carbocycles. The smallest absolute Gasteiger partial charge is 0.150 e. The Morgan fingerprint density at radius 2 is 2.00 bits per heavy atom. The molecule has 71 valence electrons. The van der Waals surface area contributed by atoms with Crippen molar-refractivity contribution < 1.29 is 9.84 Å². The Morgan fingerprint density at radius 3 is 2.54 bits per heavy atom. The highest BCUT2D eigenvalue weighted by atomic mass is 16.5. The van der Waals surface area contributed by atoms with Crippen LogP contribution in [-0.4, -0.2) is 11.7 Å². The third kappa shape index (κ3) is 3.47. The Balaban J connectivity index is 2.46. The molecule has 1 aromatic rings. The normalized spacial score (nSPS) is 10.4. The van der Waals surface area contributed by atoms with Crippen molar-refractivity contribution in [1.82, 2.24) is 0 Å². The summed E-state index contributed by atoms with van der Waals surface area (Å²) < 4.78 is 5.56. The standard InChI is InChI=1S/C11H15O2/c1-2-10(8-9-12)13-11-6-4-3-5-7-11/h3-7,12H,2,8-9H2,1H3. The SMILES string of the molecule is CC[C](CCO)Oc1ccccc1. The third-order valence-electron chi connectivity index (χ3n) is 1.79. The average molecular weight is 179 g/mol. The summed E-state index contributed by atoms with van der Waals surface area (Å²) in [4.78, 5) is 0. The molecule has 0 heterocycles. The van der Waals surface area contributed by atoms with Gasteiger partial charge in [-0.1, -0.05) is 25.1 Å². The number of rotatable bonds is 5. The second-order valence-corrected chi connectivity index (χ2v) is 2.78. The number of hydrogen-bond donors (Lipinski definition) is 1. The largest absolute Gasteiger partial charge is 0.483 e. The van der Waals surface area contributed by atoms with Crippen molar-refractivity contribution in [3.8, 4) is 5.75 Å². The Morgan fingerprint density at radius 1 is 1.31 bits per heavy atom. The number of benzene rings is 1. The van der Waals surface area contributed by atoms with Gasteiger partial charge in [0.1, 0.15) is 5.75 Å². The fourth-order valence-electron chi connectivity index (χ4n) is 1.08. The maximum absolute atomic E-state index is 8.74. The first-order valence-corrected chi connectivity index (χ1v) is 4.55. The Kier molecular flexibility index (Phi) is 4.33. The molecule has 0 unspecified atom stereocenters. The maximum atomic E-state index is 8.74. The van der Waals surface area contributed by atoms with Crippen LogP contribution < -0.4 is 4.74 Å². The fraction of sp³-hybridized carbons (Fsp3) is 0.364. The molecule has 1 aromatic carbocycles. The van der Waals surface area contributed by atoms with Crippen LogP contribution in [0.3, 0.4) is 0 Å². The summed E-state index contributed by atoms with van der Waals surface area (Å²) in [6.07, 6.45) is 2.38. The van der Waals surface area contributed by atoms with Gasteiger partial charge in [0.15, 0.2) is 6.10 Å². The molecule has 0 atom stereocenters. The molecule has 0 fully saturated rings. The summed E-state index contributed by atoms with van der Waals surface area (Å²) in [6.45, 7) is 2.17. The van der Waals surface area contributed by atoms with Gasteiger partial charge in [0.05, 0.1) is 0 Å². The molecule has 0 amide bonds. The maximum Gasteiger partial charge on any atom is 0.150 e. The van der Waals surface area contributed by atoms with Crippen LogP contribution in [0.25, 0.3) is 0 Å². The molecule has 0 bridgehead atoms. The number of para-hydroxylation sites is 1. The van der Waals surface area contributed by atoms with Gasteiger partial charge in [0, 0.05) is 13.0 Å². The van der Waals surface area contributed by atoms with Crippen molar-refractivity contribution in [1.29, 1.82) is 0 Å². The number of ether oxygens (including phenoxy) is 1. The van der Waals surface area contributed by atoms with Crippen molar-refractivity contribution in [3.05, 3.63) is 36.4 Å². The van der Waals surface area contributed by atoms with Crippen molar-refractivity contribution in [2.75, 3.05) is 6.61 Å². The van der Waals surface area contributed by atoms with E-state index in [1.165, 1.54) is 0 Å². The van der Waals surface area contributed by atoms with Crippen LogP contribution in [0.15, 0.2) is 30.3 Å². The summed E-state index contributed by atoms with van der Waals surface area (Å²) in [5, 5.41) is 8.74. The molecule has 0 saturated heterocycles. The molecule has 2 nitrogen and oxygen atoms in total. The first-order valence-electron chi connectivity index (χ1n) is 4.55. The van der Waals surface area contributed by atoms with Gasteiger partial charge in [-0.25, -0.2) is 0 Å². The molecule has 0 aliphatic rings. The van der Waals surface area contributed by atoms with E-state index >= 15 is 0 Å². The molecule has 2 heteroatoms. The van der Waals surface area contributed by atoms with Gasteiger partial charge in [-0.3, -0.25) is 0 Å². The lowest BCUT2D eigenvalue weighted by molar-refractivity contribution is 0.228. The van der Waals surface area contributed by atoms with E-state index in [2.05, 4.69) is 0 Å². The van der Waals surface area contributed by atoms with Gasteiger partial charge < -0.3 is 9.84 Å². The van der Waals surface area contributed by atoms with Crippen LogP contribution in [0.1, 0.15) is 19.8 Å². The molecule has 13 heavy (non-hydrogen) atoms. The predicted octanol–water partition coefficient (Wildman–Crippen LogP) is 2.39. The van der Waals surface area contributed by atoms with E-state index in [4.69, 9.17) is 9.84 Å². The molecular formula is C11H15O2. The summed E-state index contributed by atoms with van der Waals surface area (Å²) in [7, 11) is 0. The lowest BCUT2D eigenvalue weighted by Gasteiger charge is -2.14. The first kappa shape index (κ1) is 10.1. The third-order valence-corrected chi connectivity index (χ3v) is 1.79. The summed E-state index contributed by atoms with van der Waals surface area (Å²) in [5.41, 5.74) is 0. The Labute approximate surface area is 79.2 Å². The first-order chi connectivity index (χ1) is 6.36. The highest BCUT2D eigenvalue weighted by Gasteiger charge is 2.07. The zero-order valence-electron chi connectivity index (χ0n) is 7.86. The Bertz CT molecular complexity index is 221. The molecule has 0 aromatic heterocycles. The van der Waals surface area contributed by atoms with E-state index in [-0.39, 0.29) is 6.61 Å². The molecule has 1 N–H and O–H groups in total. The molecule has 0 aliphatic heterocycles. The summed E-state index contributed by atoms with van der Waals surface area (Å²) in [6, 6.07) is 9.63. The second kappa shape index (κ2) is 5.60. The zero-order chi connectivity index (χ0) is 9.52. The van der Waals surface area contributed by atoms with Gasteiger partial charge in [0.2, 0.25) is 0 Å². The summed E-state index contributed by atoms with van der Waals surface area (Å²) >= 11 is 0. The molecule has 0 spiro atoms. The second-order valence-electron chi connectivity index (χ2n) is 2.78. The predicted molar refractivity (Wildman–Crippen MR) is 52.3 cm³/mol. The topological polar surface area (TPSA) is 29.5 Å². The summed E-state index contributed by atoms with van der Waals surface area (Å²) in [5.74, 6) is 0.841. The minimum Gasteiger partial charge on any atom is -0.483 e. The van der Waals surface area contributed by atoms with E-state index < -0.39 is 0 Å². The zero-order valence-corrected chi connectivity index (χ0v) is 7.86.